The Kier molecular flexibility index (Phi) is 10.3. The second-order valence-corrected chi connectivity index (χ2v) is 3.74. The first-order chi connectivity index (χ1) is 5.92. The van der Waals surface area contributed by atoms with Crippen LogP contribution < -0.4 is 29.6 Å². The van der Waals surface area contributed by atoms with Crippen molar-refractivity contribution in [3.05, 3.63) is 0 Å². The molecule has 0 rings (SSSR count). The van der Waals surface area contributed by atoms with Crippen molar-refractivity contribution in [1.82, 2.24) is 0 Å². The number of carbonyl (C=O) groups excluding carboxylic acids is 1. The Morgan fingerprint density at radius 1 is 1.29 bits per heavy atom. The quantitative estimate of drug-likeness (QED) is 0.202. The van der Waals surface area contributed by atoms with Crippen molar-refractivity contribution in [2.45, 2.75) is 6.92 Å². The molecule has 0 N–H and O–H groups in total. The maximum atomic E-state index is 10.2. The van der Waals surface area contributed by atoms with Crippen molar-refractivity contribution >= 4 is 16.1 Å². The summed E-state index contributed by atoms with van der Waals surface area (Å²) in [5.41, 5.74) is 0. The number of esters is 1. The summed E-state index contributed by atoms with van der Waals surface area (Å²) in [6.07, 6.45) is 0. The molecule has 0 unspecified atom stereocenters. The van der Waals surface area contributed by atoms with Crippen LogP contribution in [0.4, 0.5) is 0 Å². The second kappa shape index (κ2) is 8.63. The van der Waals surface area contributed by atoms with E-state index < -0.39 is 21.8 Å². The summed E-state index contributed by atoms with van der Waals surface area (Å²) in [7, 11) is -4.21. The maximum absolute atomic E-state index is 10.2. The van der Waals surface area contributed by atoms with E-state index in [1.165, 1.54) is 6.92 Å². The third kappa shape index (κ3) is 14.8. The van der Waals surface area contributed by atoms with Crippen LogP contribution in [0.5, 0.6) is 0 Å². The van der Waals surface area contributed by atoms with Crippen LogP contribution in [0, 0.1) is 0 Å². The van der Waals surface area contributed by atoms with Gasteiger partial charge in [-0.05, 0) is 0 Å². The van der Waals surface area contributed by atoms with Crippen molar-refractivity contribution in [1.29, 1.82) is 0 Å². The molecule has 0 aliphatic heterocycles. The summed E-state index contributed by atoms with van der Waals surface area (Å²) in [5, 5.41) is 0. The Balaban J connectivity index is 0. The minimum absolute atomic E-state index is 0. The SMILES string of the molecule is CC(=O)OCCOCCS(=O)(=O)[O-].[Na+]. The van der Waals surface area contributed by atoms with Crippen LogP contribution in [0.2, 0.25) is 0 Å². The predicted molar refractivity (Wildman–Crippen MR) is 42.0 cm³/mol. The molecule has 0 aromatic carbocycles. The van der Waals surface area contributed by atoms with E-state index in [2.05, 4.69) is 4.74 Å². The maximum Gasteiger partial charge on any atom is 1.00 e. The van der Waals surface area contributed by atoms with Gasteiger partial charge in [0.2, 0.25) is 0 Å². The van der Waals surface area contributed by atoms with Crippen molar-refractivity contribution in [2.75, 3.05) is 25.6 Å². The third-order valence-electron chi connectivity index (χ3n) is 1.01. The van der Waals surface area contributed by atoms with Crippen LogP contribution in [0.3, 0.4) is 0 Å². The number of ether oxygens (including phenoxy) is 2. The largest absolute Gasteiger partial charge is 1.00 e. The van der Waals surface area contributed by atoms with Crippen molar-refractivity contribution in [3.8, 4) is 0 Å². The summed E-state index contributed by atoms with van der Waals surface area (Å²) in [6.45, 7) is 1.23. The minimum atomic E-state index is -4.21. The van der Waals surface area contributed by atoms with Gasteiger partial charge in [0.05, 0.1) is 29.1 Å². The van der Waals surface area contributed by atoms with Crippen molar-refractivity contribution in [3.63, 3.8) is 0 Å². The van der Waals surface area contributed by atoms with Crippen LogP contribution >= 0.6 is 0 Å². The Morgan fingerprint density at radius 2 is 1.86 bits per heavy atom. The zero-order valence-electron chi connectivity index (χ0n) is 8.19. The van der Waals surface area contributed by atoms with Crippen molar-refractivity contribution in [2.24, 2.45) is 0 Å². The van der Waals surface area contributed by atoms with Gasteiger partial charge in [0.15, 0.2) is 0 Å². The zero-order valence-corrected chi connectivity index (χ0v) is 11.0. The van der Waals surface area contributed by atoms with Gasteiger partial charge in [-0.15, -0.1) is 0 Å². The van der Waals surface area contributed by atoms with Gasteiger partial charge >= 0.3 is 35.5 Å². The fourth-order valence-corrected chi connectivity index (χ4v) is 0.829. The standard InChI is InChI=1S/C6H12O6S.Na/c1-6(7)12-3-2-11-4-5-13(8,9)10;/h2-5H2,1H3,(H,8,9,10);/q;+1/p-1. The van der Waals surface area contributed by atoms with E-state index in [4.69, 9.17) is 4.74 Å². The Bertz CT molecular complexity index is 249. The minimum Gasteiger partial charge on any atom is -0.748 e. The Labute approximate surface area is 105 Å². The van der Waals surface area contributed by atoms with Crippen LogP contribution in [-0.4, -0.2) is 44.5 Å². The molecule has 0 aliphatic carbocycles. The number of carbonyl (C=O) groups is 1. The zero-order chi connectivity index (χ0) is 10.3. The summed E-state index contributed by atoms with van der Waals surface area (Å²) in [4.78, 5) is 10.2. The second-order valence-electron chi connectivity index (χ2n) is 2.21. The van der Waals surface area contributed by atoms with Gasteiger partial charge in [-0.1, -0.05) is 0 Å². The van der Waals surface area contributed by atoms with E-state index in [1.807, 2.05) is 0 Å². The van der Waals surface area contributed by atoms with Gasteiger partial charge in [0.25, 0.3) is 0 Å². The molecule has 0 fully saturated rings. The van der Waals surface area contributed by atoms with Crippen LogP contribution in [-0.2, 0) is 24.4 Å². The fraction of sp³-hybridized carbons (Fsp3) is 0.833. The smallest absolute Gasteiger partial charge is 0.748 e. The van der Waals surface area contributed by atoms with Gasteiger partial charge in [-0.3, -0.25) is 4.79 Å². The predicted octanol–water partition coefficient (Wildman–Crippen LogP) is -3.88. The summed E-state index contributed by atoms with van der Waals surface area (Å²) in [5.74, 6) is -0.993. The molecule has 0 amide bonds. The molecule has 0 heterocycles. The molecule has 6 nitrogen and oxygen atoms in total. The molecule has 0 aromatic heterocycles. The number of hydrogen-bond donors (Lipinski definition) is 0. The number of hydrogen-bond acceptors (Lipinski definition) is 6. The molecule has 0 saturated carbocycles. The van der Waals surface area contributed by atoms with Gasteiger partial charge in [-0.2, -0.15) is 0 Å². The fourth-order valence-electron chi connectivity index (χ4n) is 0.507. The normalized spacial score (nSPS) is 10.4. The van der Waals surface area contributed by atoms with E-state index >= 15 is 0 Å². The molecule has 0 atom stereocenters. The molecule has 0 spiro atoms. The molecule has 0 radical (unpaired) electrons. The van der Waals surface area contributed by atoms with Crippen LogP contribution in [0.25, 0.3) is 0 Å². The molecular formula is C6H11NaO6S. The third-order valence-corrected chi connectivity index (χ3v) is 1.68. The van der Waals surface area contributed by atoms with E-state index in [9.17, 15) is 17.8 Å². The van der Waals surface area contributed by atoms with E-state index in [-0.39, 0.29) is 49.4 Å². The van der Waals surface area contributed by atoms with E-state index in [0.717, 1.165) is 0 Å². The van der Waals surface area contributed by atoms with E-state index in [0.29, 0.717) is 0 Å². The van der Waals surface area contributed by atoms with Crippen molar-refractivity contribution < 1.29 is 56.8 Å². The molecule has 0 aromatic rings. The Hall–Kier alpha value is 0.340. The van der Waals surface area contributed by atoms with Crippen LogP contribution in [0.15, 0.2) is 0 Å². The topological polar surface area (TPSA) is 92.7 Å². The first-order valence-electron chi connectivity index (χ1n) is 3.56. The first-order valence-corrected chi connectivity index (χ1v) is 5.14. The molecule has 0 bridgehead atoms. The Morgan fingerprint density at radius 3 is 2.29 bits per heavy atom. The number of rotatable bonds is 6. The van der Waals surface area contributed by atoms with Crippen LogP contribution in [0.1, 0.15) is 6.92 Å². The van der Waals surface area contributed by atoms with Gasteiger partial charge < -0.3 is 14.0 Å². The average molecular weight is 234 g/mol. The first kappa shape index (κ1) is 16.8. The summed E-state index contributed by atoms with van der Waals surface area (Å²) >= 11 is 0. The van der Waals surface area contributed by atoms with Gasteiger partial charge in [0.1, 0.15) is 6.61 Å². The van der Waals surface area contributed by atoms with Gasteiger partial charge in [-0.25, -0.2) is 8.42 Å². The molecule has 78 valence electrons. The molecular weight excluding hydrogens is 223 g/mol. The van der Waals surface area contributed by atoms with E-state index in [1.54, 1.807) is 0 Å². The molecule has 0 saturated heterocycles. The van der Waals surface area contributed by atoms with Gasteiger partial charge in [0, 0.05) is 6.92 Å². The monoisotopic (exact) mass is 234 g/mol. The molecule has 0 aliphatic rings. The average Bonchev–Trinajstić information content (AvgIpc) is 1.93. The molecule has 8 heteroatoms. The summed E-state index contributed by atoms with van der Waals surface area (Å²) in [6, 6.07) is 0. The summed E-state index contributed by atoms with van der Waals surface area (Å²) < 4.78 is 39.3. The molecule has 14 heavy (non-hydrogen) atoms.